The van der Waals surface area contributed by atoms with Crippen molar-refractivity contribution in [3.63, 3.8) is 0 Å². The highest BCUT2D eigenvalue weighted by molar-refractivity contribution is 6.84. The minimum absolute atomic E-state index is 0.808. The van der Waals surface area contributed by atoms with Gasteiger partial charge in [0.05, 0.1) is 0 Å². The van der Waals surface area contributed by atoms with Crippen LogP contribution in [0.5, 0.6) is 0 Å². The summed E-state index contributed by atoms with van der Waals surface area (Å²) in [5.74, 6) is 0. The standard InChI is InChI=1S/C36H52O8Si8/c1-49(2,29-33-21-13-9-14-22-33)41-45-37-46(42-50(3,4)30-34-23-15-10-16-24-34)39-48(44-52(7,8)32-36-27-19-12-20-28-36)40-47(38-45)43-51(5,6)31-35-25-17-11-18-26-35/h9-28H,29-32H2,1-8H3. The van der Waals surface area contributed by atoms with Crippen molar-refractivity contribution in [2.75, 3.05) is 0 Å². The predicted molar refractivity (Wildman–Crippen MR) is 222 cm³/mol. The maximum atomic E-state index is 6.90. The monoisotopic (exact) mass is 836 g/mol. The Bertz CT molecular complexity index is 1390. The van der Waals surface area contributed by atoms with Crippen molar-refractivity contribution < 1.29 is 32.9 Å². The van der Waals surface area contributed by atoms with Crippen LogP contribution in [0.2, 0.25) is 52.4 Å². The Kier molecular flexibility index (Phi) is 15.0. The second-order valence-electron chi connectivity index (χ2n) is 15.5. The van der Waals surface area contributed by atoms with Gasteiger partial charge < -0.3 is 32.9 Å². The van der Waals surface area contributed by atoms with E-state index in [1.807, 2.05) is 24.3 Å². The van der Waals surface area contributed by atoms with Gasteiger partial charge in [-0.3, -0.25) is 0 Å². The minimum Gasteiger partial charge on any atom is -0.414 e. The van der Waals surface area contributed by atoms with E-state index in [0.29, 0.717) is 0 Å². The van der Waals surface area contributed by atoms with E-state index in [-0.39, 0.29) is 0 Å². The first-order valence-electron chi connectivity index (χ1n) is 17.7. The smallest absolute Gasteiger partial charge is 0.414 e. The van der Waals surface area contributed by atoms with Gasteiger partial charge in [0.1, 0.15) is 0 Å². The second-order valence-corrected chi connectivity index (χ2v) is 39.5. The van der Waals surface area contributed by atoms with Gasteiger partial charge in [-0.25, -0.2) is 0 Å². The lowest BCUT2D eigenvalue weighted by Gasteiger charge is -2.37. The van der Waals surface area contributed by atoms with Gasteiger partial charge in [-0.05, 0) is 98.8 Å². The van der Waals surface area contributed by atoms with Crippen LogP contribution >= 0.6 is 0 Å². The fourth-order valence-electron chi connectivity index (χ4n) is 5.92. The third-order valence-electron chi connectivity index (χ3n) is 8.00. The van der Waals surface area contributed by atoms with Crippen molar-refractivity contribution in [2.24, 2.45) is 0 Å². The molecule has 4 radical (unpaired) electrons. The molecule has 8 nitrogen and oxygen atoms in total. The molecule has 5 rings (SSSR count). The summed E-state index contributed by atoms with van der Waals surface area (Å²) < 4.78 is 54.7. The van der Waals surface area contributed by atoms with Crippen molar-refractivity contribution in [1.82, 2.24) is 0 Å². The third-order valence-corrected chi connectivity index (χ3v) is 29.9. The molecule has 0 amide bonds. The number of hydrogen-bond acceptors (Lipinski definition) is 8. The summed E-state index contributed by atoms with van der Waals surface area (Å²) in [5.41, 5.74) is 4.89. The number of hydrogen-bond donors (Lipinski definition) is 0. The average molecular weight is 837 g/mol. The summed E-state index contributed by atoms with van der Waals surface area (Å²) in [6.45, 7) is 17.6. The van der Waals surface area contributed by atoms with Crippen LogP contribution < -0.4 is 0 Å². The zero-order chi connectivity index (χ0) is 37.2. The topological polar surface area (TPSA) is 73.8 Å². The zero-order valence-electron chi connectivity index (χ0n) is 31.6. The van der Waals surface area contributed by atoms with Gasteiger partial charge in [0.2, 0.25) is 0 Å². The molecule has 0 atom stereocenters. The van der Waals surface area contributed by atoms with Gasteiger partial charge in [-0.1, -0.05) is 121 Å². The van der Waals surface area contributed by atoms with Crippen LogP contribution in [0.15, 0.2) is 121 Å². The first-order chi connectivity index (χ1) is 24.6. The summed E-state index contributed by atoms with van der Waals surface area (Å²) in [5, 5.41) is 0. The molecular formula is C36H52O8Si8. The van der Waals surface area contributed by atoms with Gasteiger partial charge in [0.25, 0.3) is 0 Å². The van der Waals surface area contributed by atoms with Crippen LogP contribution in [0.3, 0.4) is 0 Å². The summed E-state index contributed by atoms with van der Waals surface area (Å²) in [4.78, 5) is 0. The molecule has 1 fully saturated rings. The summed E-state index contributed by atoms with van der Waals surface area (Å²) in [6.07, 6.45) is 0. The first-order valence-corrected chi connectivity index (χ1v) is 35.1. The molecule has 1 aliphatic heterocycles. The van der Waals surface area contributed by atoms with Crippen LogP contribution in [0.25, 0.3) is 0 Å². The molecule has 0 aliphatic carbocycles. The molecule has 1 heterocycles. The molecule has 0 saturated carbocycles. The number of benzene rings is 4. The van der Waals surface area contributed by atoms with Crippen molar-refractivity contribution >= 4 is 71.4 Å². The molecule has 0 spiro atoms. The van der Waals surface area contributed by atoms with Gasteiger partial charge in [-0.15, -0.1) is 0 Å². The maximum absolute atomic E-state index is 6.90. The highest BCUT2D eigenvalue weighted by Crippen LogP contribution is 2.25. The third kappa shape index (κ3) is 14.5. The van der Waals surface area contributed by atoms with Gasteiger partial charge in [0, 0.05) is 0 Å². The van der Waals surface area contributed by atoms with Crippen LogP contribution in [0, 0.1) is 0 Å². The molecule has 0 aromatic heterocycles. The Balaban J connectivity index is 1.42. The van der Waals surface area contributed by atoms with E-state index in [9.17, 15) is 0 Å². The molecule has 1 aliphatic rings. The second kappa shape index (κ2) is 18.8. The van der Waals surface area contributed by atoms with Crippen LogP contribution in [0.1, 0.15) is 22.3 Å². The fraction of sp³-hybridized carbons (Fsp3) is 0.333. The highest BCUT2D eigenvalue weighted by Gasteiger charge is 2.50. The Morgan fingerprint density at radius 1 is 0.327 bits per heavy atom. The Hall–Kier alpha value is -1.70. The largest absolute Gasteiger partial charge is 0.550 e. The van der Waals surface area contributed by atoms with E-state index in [1.165, 1.54) is 22.3 Å². The fourth-order valence-corrected chi connectivity index (χ4v) is 27.8. The molecule has 276 valence electrons. The summed E-state index contributed by atoms with van der Waals surface area (Å²) in [6, 6.07) is 45.0. The zero-order valence-corrected chi connectivity index (χ0v) is 39.6. The Morgan fingerprint density at radius 2 is 0.500 bits per heavy atom. The van der Waals surface area contributed by atoms with E-state index in [0.717, 1.165) is 24.2 Å². The van der Waals surface area contributed by atoms with Crippen LogP contribution in [0.4, 0.5) is 0 Å². The molecule has 1 saturated heterocycles. The van der Waals surface area contributed by atoms with Crippen LogP contribution in [-0.4, -0.2) is 71.4 Å². The predicted octanol–water partition coefficient (Wildman–Crippen LogP) is 8.02. The lowest BCUT2D eigenvalue weighted by Crippen LogP contribution is -2.60. The van der Waals surface area contributed by atoms with E-state index in [2.05, 4.69) is 149 Å². The summed E-state index contributed by atoms with van der Waals surface area (Å²) >= 11 is 0. The normalized spacial score (nSPS) is 16.5. The lowest BCUT2D eigenvalue weighted by atomic mass is 10.2. The lowest BCUT2D eigenvalue weighted by molar-refractivity contribution is 0.142. The van der Waals surface area contributed by atoms with Gasteiger partial charge >= 0.3 is 38.1 Å². The van der Waals surface area contributed by atoms with Gasteiger partial charge in [0.15, 0.2) is 33.3 Å². The minimum atomic E-state index is -2.41. The molecule has 4 aromatic rings. The molecule has 0 unspecified atom stereocenters. The van der Waals surface area contributed by atoms with E-state index < -0.39 is 71.4 Å². The molecule has 52 heavy (non-hydrogen) atoms. The Labute approximate surface area is 322 Å². The molecule has 4 aromatic carbocycles. The van der Waals surface area contributed by atoms with Crippen LogP contribution in [-0.2, 0) is 57.1 Å². The van der Waals surface area contributed by atoms with Gasteiger partial charge in [-0.2, -0.15) is 0 Å². The van der Waals surface area contributed by atoms with Crippen molar-refractivity contribution in [1.29, 1.82) is 0 Å². The SMILES string of the molecule is C[Si](C)(Cc1ccccc1)O[Si]1O[Si](O[Si](C)(C)Cc2ccccc2)O[Si](O[Si](C)(C)Cc2ccccc2)O[Si](O[Si](C)(C)Cc2ccccc2)O1. The molecule has 0 N–H and O–H groups in total. The number of rotatable bonds is 16. The van der Waals surface area contributed by atoms with E-state index in [4.69, 9.17) is 32.9 Å². The Morgan fingerprint density at radius 3 is 0.673 bits per heavy atom. The van der Waals surface area contributed by atoms with Crippen molar-refractivity contribution in [3.05, 3.63) is 144 Å². The van der Waals surface area contributed by atoms with E-state index in [1.54, 1.807) is 0 Å². The highest BCUT2D eigenvalue weighted by atomic mass is 28.5. The summed E-state index contributed by atoms with van der Waals surface area (Å²) in [7, 11) is -19.1. The maximum Gasteiger partial charge on any atom is 0.550 e. The molecular weight excluding hydrogens is 785 g/mol. The molecule has 0 bridgehead atoms. The van der Waals surface area contributed by atoms with Crippen molar-refractivity contribution in [2.45, 2.75) is 76.6 Å². The van der Waals surface area contributed by atoms with Crippen molar-refractivity contribution in [3.8, 4) is 0 Å². The first kappa shape index (κ1) is 41.5. The molecule has 16 heteroatoms. The average Bonchev–Trinajstić information content (AvgIpc) is 3.04. The quantitative estimate of drug-likeness (QED) is 0.105. The van der Waals surface area contributed by atoms with E-state index >= 15 is 0 Å².